The van der Waals surface area contributed by atoms with Gasteiger partial charge in [-0.15, -0.1) is 0 Å². The summed E-state index contributed by atoms with van der Waals surface area (Å²) in [5, 5.41) is 5.97. The van der Waals surface area contributed by atoms with E-state index in [2.05, 4.69) is 29.4 Å². The summed E-state index contributed by atoms with van der Waals surface area (Å²) < 4.78 is 4.95. The molecule has 21 heavy (non-hydrogen) atoms. The van der Waals surface area contributed by atoms with E-state index in [9.17, 15) is 4.79 Å². The molecule has 0 bridgehead atoms. The lowest BCUT2D eigenvalue weighted by atomic mass is 10.2. The minimum Gasteiger partial charge on any atom is -0.385 e. The van der Waals surface area contributed by atoms with Gasteiger partial charge in [0.05, 0.1) is 6.54 Å². The van der Waals surface area contributed by atoms with Crippen LogP contribution in [0.1, 0.15) is 20.3 Å². The lowest BCUT2D eigenvalue weighted by Crippen LogP contribution is -2.29. The van der Waals surface area contributed by atoms with Crippen molar-refractivity contribution >= 4 is 17.3 Å². The Morgan fingerprint density at radius 2 is 1.86 bits per heavy atom. The van der Waals surface area contributed by atoms with Crippen molar-refractivity contribution in [2.75, 3.05) is 50.1 Å². The second-order valence-corrected chi connectivity index (χ2v) is 4.79. The second-order valence-electron chi connectivity index (χ2n) is 4.79. The Hall–Kier alpha value is -1.59. The number of nitrogens with one attached hydrogen (secondary N) is 2. The summed E-state index contributed by atoms with van der Waals surface area (Å²) in [6, 6.07) is 7.95. The normalized spacial score (nSPS) is 10.4. The molecule has 0 radical (unpaired) electrons. The molecule has 0 aliphatic heterocycles. The SMILES string of the molecule is CCN(CC)c1ccc(NC(=O)CNCCCOC)cc1. The Bertz CT molecular complexity index is 402. The van der Waals surface area contributed by atoms with Gasteiger partial charge in [-0.05, 0) is 51.1 Å². The number of ether oxygens (including phenoxy) is 1. The number of hydrogen-bond acceptors (Lipinski definition) is 4. The Labute approximate surface area is 127 Å². The number of carbonyl (C=O) groups excluding carboxylic acids is 1. The number of nitrogens with zero attached hydrogens (tertiary/aromatic N) is 1. The van der Waals surface area contributed by atoms with Crippen LogP contribution >= 0.6 is 0 Å². The third-order valence-corrected chi connectivity index (χ3v) is 3.27. The van der Waals surface area contributed by atoms with Gasteiger partial charge in [0.2, 0.25) is 5.91 Å². The van der Waals surface area contributed by atoms with Gasteiger partial charge in [-0.2, -0.15) is 0 Å². The fourth-order valence-electron chi connectivity index (χ4n) is 2.09. The van der Waals surface area contributed by atoms with Gasteiger partial charge in [0, 0.05) is 38.2 Å². The highest BCUT2D eigenvalue weighted by molar-refractivity contribution is 5.92. The van der Waals surface area contributed by atoms with E-state index in [4.69, 9.17) is 4.74 Å². The zero-order chi connectivity index (χ0) is 15.5. The van der Waals surface area contributed by atoms with E-state index in [0.717, 1.165) is 31.7 Å². The van der Waals surface area contributed by atoms with E-state index in [1.54, 1.807) is 7.11 Å². The standard InChI is InChI=1S/C16H27N3O2/c1-4-19(5-2)15-9-7-14(8-10-15)18-16(20)13-17-11-6-12-21-3/h7-10,17H,4-6,11-13H2,1-3H3,(H,18,20). The zero-order valence-electron chi connectivity index (χ0n) is 13.3. The van der Waals surface area contributed by atoms with Gasteiger partial charge in [0.1, 0.15) is 0 Å². The van der Waals surface area contributed by atoms with Gasteiger partial charge in [0.15, 0.2) is 0 Å². The Kier molecular flexibility index (Phi) is 8.47. The number of amides is 1. The van der Waals surface area contributed by atoms with E-state index in [0.29, 0.717) is 13.2 Å². The van der Waals surface area contributed by atoms with Gasteiger partial charge in [-0.1, -0.05) is 0 Å². The largest absolute Gasteiger partial charge is 0.385 e. The molecule has 2 N–H and O–H groups in total. The molecule has 0 saturated carbocycles. The molecule has 0 aliphatic rings. The second kappa shape index (κ2) is 10.2. The summed E-state index contributed by atoms with van der Waals surface area (Å²) in [5.74, 6) is -0.0250. The van der Waals surface area contributed by atoms with Crippen molar-refractivity contribution in [1.29, 1.82) is 0 Å². The Morgan fingerprint density at radius 1 is 1.19 bits per heavy atom. The molecule has 0 atom stereocenters. The number of methoxy groups -OCH3 is 1. The molecule has 5 nitrogen and oxygen atoms in total. The quantitative estimate of drug-likeness (QED) is 0.649. The van der Waals surface area contributed by atoms with E-state index in [-0.39, 0.29) is 5.91 Å². The van der Waals surface area contributed by atoms with Crippen LogP contribution in [-0.4, -0.2) is 45.8 Å². The minimum atomic E-state index is -0.0250. The van der Waals surface area contributed by atoms with Crippen molar-refractivity contribution < 1.29 is 9.53 Å². The van der Waals surface area contributed by atoms with E-state index in [1.165, 1.54) is 5.69 Å². The molecule has 1 rings (SSSR count). The average Bonchev–Trinajstić information content (AvgIpc) is 2.50. The van der Waals surface area contributed by atoms with Gasteiger partial charge in [-0.3, -0.25) is 4.79 Å². The highest BCUT2D eigenvalue weighted by atomic mass is 16.5. The maximum absolute atomic E-state index is 11.8. The van der Waals surface area contributed by atoms with Crippen LogP contribution in [0.2, 0.25) is 0 Å². The molecular formula is C16H27N3O2. The van der Waals surface area contributed by atoms with E-state index < -0.39 is 0 Å². The molecule has 0 saturated heterocycles. The van der Waals surface area contributed by atoms with Crippen LogP contribution in [0.4, 0.5) is 11.4 Å². The number of benzene rings is 1. The molecule has 1 amide bonds. The van der Waals surface area contributed by atoms with Crippen LogP contribution in [0.5, 0.6) is 0 Å². The average molecular weight is 293 g/mol. The number of anilines is 2. The zero-order valence-corrected chi connectivity index (χ0v) is 13.3. The Morgan fingerprint density at radius 3 is 2.43 bits per heavy atom. The van der Waals surface area contributed by atoms with Gasteiger partial charge in [0.25, 0.3) is 0 Å². The topological polar surface area (TPSA) is 53.6 Å². The summed E-state index contributed by atoms with van der Waals surface area (Å²) in [6.07, 6.45) is 0.905. The molecule has 0 aliphatic carbocycles. The third-order valence-electron chi connectivity index (χ3n) is 3.27. The van der Waals surface area contributed by atoms with Crippen LogP contribution in [-0.2, 0) is 9.53 Å². The smallest absolute Gasteiger partial charge is 0.238 e. The predicted octanol–water partition coefficient (Wildman–Crippen LogP) is 2.10. The first-order chi connectivity index (χ1) is 10.2. The molecule has 118 valence electrons. The van der Waals surface area contributed by atoms with Crippen LogP contribution in [0.25, 0.3) is 0 Å². The summed E-state index contributed by atoms with van der Waals surface area (Å²) in [4.78, 5) is 14.0. The summed E-state index contributed by atoms with van der Waals surface area (Å²) >= 11 is 0. The molecule has 0 fully saturated rings. The van der Waals surface area contributed by atoms with Crippen molar-refractivity contribution in [3.05, 3.63) is 24.3 Å². The molecule has 0 aromatic heterocycles. The monoisotopic (exact) mass is 293 g/mol. The third kappa shape index (κ3) is 6.60. The first-order valence-electron chi connectivity index (χ1n) is 7.55. The maximum atomic E-state index is 11.8. The molecule has 5 heteroatoms. The van der Waals surface area contributed by atoms with Gasteiger partial charge < -0.3 is 20.3 Å². The van der Waals surface area contributed by atoms with E-state index >= 15 is 0 Å². The number of carbonyl (C=O) groups is 1. The van der Waals surface area contributed by atoms with Crippen molar-refractivity contribution in [2.45, 2.75) is 20.3 Å². The lowest BCUT2D eigenvalue weighted by molar-refractivity contribution is -0.115. The molecule has 1 aromatic carbocycles. The number of rotatable bonds is 10. The highest BCUT2D eigenvalue weighted by Crippen LogP contribution is 2.17. The van der Waals surface area contributed by atoms with Crippen LogP contribution in [0, 0.1) is 0 Å². The minimum absolute atomic E-state index is 0.0250. The Balaban J connectivity index is 2.36. The van der Waals surface area contributed by atoms with E-state index in [1.807, 2.05) is 24.3 Å². The van der Waals surface area contributed by atoms with Crippen molar-refractivity contribution in [1.82, 2.24) is 5.32 Å². The first-order valence-corrected chi connectivity index (χ1v) is 7.55. The van der Waals surface area contributed by atoms with Crippen LogP contribution in [0.15, 0.2) is 24.3 Å². The van der Waals surface area contributed by atoms with Gasteiger partial charge >= 0.3 is 0 Å². The molecule has 1 aromatic rings. The van der Waals surface area contributed by atoms with Crippen LogP contribution in [0.3, 0.4) is 0 Å². The summed E-state index contributed by atoms with van der Waals surface area (Å²) in [6.45, 7) is 8.04. The molecule has 0 unspecified atom stereocenters. The maximum Gasteiger partial charge on any atom is 0.238 e. The molecular weight excluding hydrogens is 266 g/mol. The van der Waals surface area contributed by atoms with Crippen LogP contribution < -0.4 is 15.5 Å². The van der Waals surface area contributed by atoms with Crippen molar-refractivity contribution in [2.24, 2.45) is 0 Å². The fraction of sp³-hybridized carbons (Fsp3) is 0.562. The summed E-state index contributed by atoms with van der Waals surface area (Å²) in [7, 11) is 1.68. The molecule has 0 heterocycles. The molecule has 0 spiro atoms. The lowest BCUT2D eigenvalue weighted by Gasteiger charge is -2.21. The first kappa shape index (κ1) is 17.5. The summed E-state index contributed by atoms with van der Waals surface area (Å²) in [5.41, 5.74) is 2.00. The predicted molar refractivity (Wildman–Crippen MR) is 88.0 cm³/mol. The van der Waals surface area contributed by atoms with Crippen molar-refractivity contribution in [3.8, 4) is 0 Å². The van der Waals surface area contributed by atoms with Gasteiger partial charge in [-0.25, -0.2) is 0 Å². The highest BCUT2D eigenvalue weighted by Gasteiger charge is 2.04. The fourth-order valence-corrected chi connectivity index (χ4v) is 2.09. The number of hydrogen-bond donors (Lipinski definition) is 2. The van der Waals surface area contributed by atoms with Crippen molar-refractivity contribution in [3.63, 3.8) is 0 Å².